The van der Waals surface area contributed by atoms with Crippen molar-refractivity contribution in [3.63, 3.8) is 0 Å². The van der Waals surface area contributed by atoms with Gasteiger partial charge < -0.3 is 10.6 Å². The minimum absolute atomic E-state index is 0.0702. The fourth-order valence-electron chi connectivity index (χ4n) is 2.26. The number of nitrogens with one attached hydrogen (secondary N) is 2. The van der Waals surface area contributed by atoms with E-state index in [9.17, 15) is 4.79 Å². The second-order valence-corrected chi connectivity index (χ2v) is 4.80. The van der Waals surface area contributed by atoms with Gasteiger partial charge in [-0.25, -0.2) is 0 Å². The smallest absolute Gasteiger partial charge is 0.228 e. The zero-order chi connectivity index (χ0) is 13.5. The van der Waals surface area contributed by atoms with Crippen LogP contribution in [-0.4, -0.2) is 22.6 Å². The Balaban J connectivity index is 1.87. The first-order chi connectivity index (χ1) is 9.29. The van der Waals surface area contributed by atoms with Crippen LogP contribution in [0.25, 0.3) is 0 Å². The summed E-state index contributed by atoms with van der Waals surface area (Å²) in [7, 11) is 0. The number of anilines is 2. The zero-order valence-corrected chi connectivity index (χ0v) is 11.1. The van der Waals surface area contributed by atoms with Crippen molar-refractivity contribution in [1.82, 2.24) is 10.2 Å². The van der Waals surface area contributed by atoms with E-state index in [1.807, 2.05) is 0 Å². The number of nitrogens with zero attached hydrogens (tertiary/aromatic N) is 2. The molecule has 1 aliphatic rings. The molecule has 5 nitrogen and oxygen atoms in total. The lowest BCUT2D eigenvalue weighted by Gasteiger charge is -2.20. The van der Waals surface area contributed by atoms with Crippen LogP contribution in [0.3, 0.4) is 0 Å². The van der Waals surface area contributed by atoms with E-state index in [0.29, 0.717) is 18.2 Å². The van der Waals surface area contributed by atoms with Crippen molar-refractivity contribution in [2.24, 2.45) is 5.92 Å². The van der Waals surface area contributed by atoms with Crippen molar-refractivity contribution in [3.05, 3.63) is 24.8 Å². The van der Waals surface area contributed by atoms with Crippen molar-refractivity contribution in [3.8, 4) is 0 Å². The van der Waals surface area contributed by atoms with Crippen LogP contribution < -0.4 is 10.6 Å². The fraction of sp³-hybridized carbons (Fsp3) is 0.500. The predicted molar refractivity (Wildman–Crippen MR) is 75.9 cm³/mol. The lowest BCUT2D eigenvalue weighted by molar-refractivity contribution is -0.120. The molecule has 0 radical (unpaired) electrons. The lowest BCUT2D eigenvalue weighted by atomic mass is 9.89. The molecule has 5 heteroatoms. The predicted octanol–water partition coefficient (Wildman–Crippen LogP) is 2.59. The second kappa shape index (κ2) is 6.87. The van der Waals surface area contributed by atoms with E-state index in [1.165, 1.54) is 6.42 Å². The van der Waals surface area contributed by atoms with Gasteiger partial charge in [0.2, 0.25) is 5.91 Å². The third kappa shape index (κ3) is 4.05. The summed E-state index contributed by atoms with van der Waals surface area (Å²) in [5, 5.41) is 13.8. The lowest BCUT2D eigenvalue weighted by Crippen LogP contribution is -2.25. The maximum absolute atomic E-state index is 12.0. The van der Waals surface area contributed by atoms with Gasteiger partial charge in [-0.2, -0.15) is 0 Å². The molecule has 0 saturated heterocycles. The molecule has 19 heavy (non-hydrogen) atoms. The van der Waals surface area contributed by atoms with E-state index in [4.69, 9.17) is 0 Å². The fourth-order valence-corrected chi connectivity index (χ4v) is 2.26. The molecular weight excluding hydrogens is 240 g/mol. The number of carbonyl (C=O) groups excluding carboxylic acids is 1. The molecule has 0 spiro atoms. The summed E-state index contributed by atoms with van der Waals surface area (Å²) < 4.78 is 0. The number of hydrogen-bond acceptors (Lipinski definition) is 4. The first kappa shape index (κ1) is 13.5. The van der Waals surface area contributed by atoms with Gasteiger partial charge in [0.15, 0.2) is 5.82 Å². The molecule has 2 N–H and O–H groups in total. The van der Waals surface area contributed by atoms with Crippen LogP contribution in [-0.2, 0) is 4.79 Å². The highest BCUT2D eigenvalue weighted by atomic mass is 16.1. The van der Waals surface area contributed by atoms with Crippen molar-refractivity contribution in [1.29, 1.82) is 0 Å². The Hall–Kier alpha value is -1.91. The van der Waals surface area contributed by atoms with Gasteiger partial charge in [-0.1, -0.05) is 25.3 Å². The van der Waals surface area contributed by atoms with Crippen LogP contribution in [0.2, 0.25) is 0 Å². The van der Waals surface area contributed by atoms with Gasteiger partial charge in [-0.3, -0.25) is 4.79 Å². The van der Waals surface area contributed by atoms with Crippen molar-refractivity contribution in [2.75, 3.05) is 17.2 Å². The summed E-state index contributed by atoms with van der Waals surface area (Å²) in [6, 6.07) is 3.56. The highest BCUT2D eigenvalue weighted by Gasteiger charge is 2.21. The highest BCUT2D eigenvalue weighted by Crippen LogP contribution is 2.24. The highest BCUT2D eigenvalue weighted by molar-refractivity contribution is 5.91. The van der Waals surface area contributed by atoms with Gasteiger partial charge in [-0.15, -0.1) is 16.8 Å². The van der Waals surface area contributed by atoms with Gasteiger partial charge in [0.1, 0.15) is 5.82 Å². The summed E-state index contributed by atoms with van der Waals surface area (Å²) in [4.78, 5) is 12.0. The van der Waals surface area contributed by atoms with Crippen LogP contribution in [0, 0.1) is 5.92 Å². The summed E-state index contributed by atoms with van der Waals surface area (Å²) in [6.07, 6.45) is 7.26. The Morgan fingerprint density at radius 2 is 1.95 bits per heavy atom. The Bertz CT molecular complexity index is 424. The Morgan fingerprint density at radius 1 is 1.26 bits per heavy atom. The van der Waals surface area contributed by atoms with E-state index < -0.39 is 0 Å². The molecule has 1 amide bonds. The maximum atomic E-state index is 12.0. The second-order valence-electron chi connectivity index (χ2n) is 4.80. The summed E-state index contributed by atoms with van der Waals surface area (Å²) in [6.45, 7) is 4.26. The molecule has 1 heterocycles. The van der Waals surface area contributed by atoms with Crippen LogP contribution in [0.5, 0.6) is 0 Å². The minimum Gasteiger partial charge on any atom is -0.365 e. The number of aromatic nitrogens is 2. The molecule has 2 rings (SSSR count). The van der Waals surface area contributed by atoms with Crippen LogP contribution in [0.15, 0.2) is 24.8 Å². The molecule has 0 aromatic carbocycles. The molecule has 1 aromatic heterocycles. The van der Waals surface area contributed by atoms with Crippen LogP contribution in [0.4, 0.5) is 11.6 Å². The monoisotopic (exact) mass is 260 g/mol. The summed E-state index contributed by atoms with van der Waals surface area (Å²) in [5.41, 5.74) is 0. The first-order valence-electron chi connectivity index (χ1n) is 6.79. The SMILES string of the molecule is C=CCNc1ccc(NC(=O)C2CCCCC2)nn1. The molecule has 1 aromatic rings. The molecule has 0 bridgehead atoms. The largest absolute Gasteiger partial charge is 0.365 e. The quantitative estimate of drug-likeness (QED) is 0.799. The van der Waals surface area contributed by atoms with Crippen molar-refractivity contribution < 1.29 is 4.79 Å². The number of carbonyl (C=O) groups is 1. The molecular formula is C14H20N4O. The normalized spacial score (nSPS) is 15.8. The number of rotatable bonds is 5. The van der Waals surface area contributed by atoms with Gasteiger partial charge in [0, 0.05) is 12.5 Å². The summed E-state index contributed by atoms with van der Waals surface area (Å²) in [5.74, 6) is 1.39. The standard InChI is InChI=1S/C14H20N4O/c1-2-10-15-12-8-9-13(18-17-12)16-14(19)11-6-4-3-5-7-11/h2,8-9,11H,1,3-7,10H2,(H,15,17)(H,16,18,19). The van der Waals surface area contributed by atoms with Crippen LogP contribution >= 0.6 is 0 Å². The number of hydrogen-bond donors (Lipinski definition) is 2. The topological polar surface area (TPSA) is 66.9 Å². The van der Waals surface area contributed by atoms with Gasteiger partial charge in [0.05, 0.1) is 0 Å². The average Bonchev–Trinajstić information content (AvgIpc) is 2.47. The summed E-state index contributed by atoms with van der Waals surface area (Å²) >= 11 is 0. The van der Waals surface area contributed by atoms with Crippen LogP contribution in [0.1, 0.15) is 32.1 Å². The Kier molecular flexibility index (Phi) is 4.89. The van der Waals surface area contributed by atoms with Crippen molar-refractivity contribution >= 4 is 17.5 Å². The minimum atomic E-state index is 0.0702. The average molecular weight is 260 g/mol. The molecule has 102 valence electrons. The van der Waals surface area contributed by atoms with E-state index in [-0.39, 0.29) is 11.8 Å². The van der Waals surface area contributed by atoms with Gasteiger partial charge in [-0.05, 0) is 25.0 Å². The Labute approximate surface area is 113 Å². The molecule has 0 atom stereocenters. The molecule has 0 aliphatic heterocycles. The third-order valence-electron chi connectivity index (χ3n) is 3.32. The van der Waals surface area contributed by atoms with Gasteiger partial charge in [0.25, 0.3) is 0 Å². The van der Waals surface area contributed by atoms with E-state index in [1.54, 1.807) is 18.2 Å². The third-order valence-corrected chi connectivity index (χ3v) is 3.32. The molecule has 1 aliphatic carbocycles. The van der Waals surface area contributed by atoms with E-state index in [2.05, 4.69) is 27.4 Å². The Morgan fingerprint density at radius 3 is 2.58 bits per heavy atom. The maximum Gasteiger partial charge on any atom is 0.228 e. The van der Waals surface area contributed by atoms with E-state index >= 15 is 0 Å². The molecule has 1 fully saturated rings. The zero-order valence-electron chi connectivity index (χ0n) is 11.1. The molecule has 0 unspecified atom stereocenters. The van der Waals surface area contributed by atoms with E-state index in [0.717, 1.165) is 25.7 Å². The van der Waals surface area contributed by atoms with Crippen molar-refractivity contribution in [2.45, 2.75) is 32.1 Å². The molecule has 1 saturated carbocycles. The number of amides is 1. The first-order valence-corrected chi connectivity index (χ1v) is 6.79. The van der Waals surface area contributed by atoms with Gasteiger partial charge >= 0.3 is 0 Å².